The maximum absolute atomic E-state index is 13.3. The summed E-state index contributed by atoms with van der Waals surface area (Å²) in [5, 5.41) is 3.30. The molecule has 1 saturated heterocycles. The first-order valence-electron chi connectivity index (χ1n) is 8.69. The van der Waals surface area contributed by atoms with Crippen LogP contribution in [0, 0.1) is 13.8 Å². The van der Waals surface area contributed by atoms with Crippen LogP contribution in [0.1, 0.15) is 21.6 Å². The number of nitrogens with zero attached hydrogens (tertiary/aromatic N) is 3. The van der Waals surface area contributed by atoms with Crippen LogP contribution in [0.2, 0.25) is 0 Å². The molecule has 0 atom stereocenters. The molecule has 0 spiro atoms. The van der Waals surface area contributed by atoms with Crippen LogP contribution in [0.15, 0.2) is 42.6 Å². The molecule has 1 amide bonds. The second kappa shape index (κ2) is 6.33. The van der Waals surface area contributed by atoms with Crippen molar-refractivity contribution in [2.75, 3.05) is 26.2 Å². The van der Waals surface area contributed by atoms with Gasteiger partial charge in [-0.15, -0.1) is 0 Å². The summed E-state index contributed by atoms with van der Waals surface area (Å²) < 4.78 is 1.94. The van der Waals surface area contributed by atoms with Gasteiger partial charge in [0.25, 0.3) is 5.91 Å². The Kier molecular flexibility index (Phi) is 4.01. The number of aromatic nitrogens is 2. The number of hydrogen-bond donors (Lipinski definition) is 1. The van der Waals surface area contributed by atoms with Gasteiger partial charge in [0, 0.05) is 37.9 Å². The first kappa shape index (κ1) is 15.8. The van der Waals surface area contributed by atoms with Gasteiger partial charge < -0.3 is 10.2 Å². The Balaban J connectivity index is 1.89. The highest BCUT2D eigenvalue weighted by molar-refractivity contribution is 5.99. The van der Waals surface area contributed by atoms with E-state index in [1.165, 1.54) is 5.56 Å². The normalized spacial score (nSPS) is 14.9. The van der Waals surface area contributed by atoms with E-state index in [4.69, 9.17) is 4.98 Å². The van der Waals surface area contributed by atoms with Crippen molar-refractivity contribution in [3.05, 3.63) is 59.4 Å². The lowest BCUT2D eigenvalue weighted by Crippen LogP contribution is -2.46. The van der Waals surface area contributed by atoms with Crippen LogP contribution in [-0.2, 0) is 0 Å². The molecule has 128 valence electrons. The fraction of sp³-hybridized carbons (Fsp3) is 0.300. The van der Waals surface area contributed by atoms with Crippen LogP contribution in [0.4, 0.5) is 0 Å². The molecule has 25 heavy (non-hydrogen) atoms. The molecule has 1 aromatic carbocycles. The number of carbonyl (C=O) groups excluding carboxylic acids is 1. The Labute approximate surface area is 147 Å². The van der Waals surface area contributed by atoms with Crippen LogP contribution in [-0.4, -0.2) is 46.4 Å². The van der Waals surface area contributed by atoms with Crippen molar-refractivity contribution in [3.63, 3.8) is 0 Å². The van der Waals surface area contributed by atoms with E-state index in [0.29, 0.717) is 5.69 Å². The fourth-order valence-electron chi connectivity index (χ4n) is 3.29. The Bertz CT molecular complexity index is 921. The third-order valence-electron chi connectivity index (χ3n) is 4.70. The van der Waals surface area contributed by atoms with Crippen LogP contribution in [0.25, 0.3) is 16.9 Å². The van der Waals surface area contributed by atoms with Gasteiger partial charge >= 0.3 is 0 Å². The second-order valence-corrected chi connectivity index (χ2v) is 6.65. The summed E-state index contributed by atoms with van der Waals surface area (Å²) in [5.41, 5.74) is 5.50. The maximum Gasteiger partial charge on any atom is 0.273 e. The first-order chi connectivity index (χ1) is 12.1. The molecule has 2 aromatic heterocycles. The van der Waals surface area contributed by atoms with Crippen LogP contribution >= 0.6 is 0 Å². The predicted molar refractivity (Wildman–Crippen MR) is 98.9 cm³/mol. The van der Waals surface area contributed by atoms with Crippen LogP contribution in [0.3, 0.4) is 0 Å². The van der Waals surface area contributed by atoms with Gasteiger partial charge in [0.2, 0.25) is 0 Å². The molecule has 0 unspecified atom stereocenters. The van der Waals surface area contributed by atoms with Crippen molar-refractivity contribution in [2.45, 2.75) is 13.8 Å². The minimum Gasteiger partial charge on any atom is -0.335 e. The van der Waals surface area contributed by atoms with Crippen molar-refractivity contribution in [1.82, 2.24) is 19.6 Å². The van der Waals surface area contributed by atoms with Crippen molar-refractivity contribution < 1.29 is 4.79 Å². The molecule has 5 nitrogen and oxygen atoms in total. The van der Waals surface area contributed by atoms with Gasteiger partial charge in [-0.1, -0.05) is 35.9 Å². The molecule has 0 aliphatic carbocycles. The molecule has 1 N–H and O–H groups in total. The monoisotopic (exact) mass is 334 g/mol. The van der Waals surface area contributed by atoms with Gasteiger partial charge in [0.1, 0.15) is 17.0 Å². The van der Waals surface area contributed by atoms with Gasteiger partial charge in [0.15, 0.2) is 0 Å². The molecule has 0 saturated carbocycles. The molecule has 1 aliphatic heterocycles. The van der Waals surface area contributed by atoms with Gasteiger partial charge in [0.05, 0.1) is 0 Å². The summed E-state index contributed by atoms with van der Waals surface area (Å²) in [7, 11) is 0. The van der Waals surface area contributed by atoms with Gasteiger partial charge in [-0.3, -0.25) is 9.20 Å². The first-order valence-corrected chi connectivity index (χ1v) is 8.69. The third kappa shape index (κ3) is 2.91. The number of benzene rings is 1. The van der Waals surface area contributed by atoms with Crippen LogP contribution < -0.4 is 5.32 Å². The summed E-state index contributed by atoms with van der Waals surface area (Å²) in [5.74, 6) is 0.0511. The number of carbonyl (C=O) groups is 1. The fourth-order valence-corrected chi connectivity index (χ4v) is 3.29. The zero-order valence-corrected chi connectivity index (χ0v) is 14.6. The van der Waals surface area contributed by atoms with Crippen molar-refractivity contribution in [2.24, 2.45) is 0 Å². The zero-order valence-electron chi connectivity index (χ0n) is 14.6. The zero-order chi connectivity index (χ0) is 17.4. The third-order valence-corrected chi connectivity index (χ3v) is 4.70. The number of imidazole rings is 1. The minimum absolute atomic E-state index is 0.0511. The highest BCUT2D eigenvalue weighted by atomic mass is 16.2. The quantitative estimate of drug-likeness (QED) is 0.784. The Morgan fingerprint density at radius 1 is 1.00 bits per heavy atom. The number of aryl methyl sites for hydroxylation is 2. The molecule has 3 heterocycles. The van der Waals surface area contributed by atoms with E-state index in [9.17, 15) is 4.79 Å². The Hall–Kier alpha value is -2.66. The topological polar surface area (TPSA) is 49.6 Å². The van der Waals surface area contributed by atoms with E-state index in [1.54, 1.807) is 0 Å². The number of fused-ring (bicyclic) bond motifs is 1. The minimum atomic E-state index is 0.0511. The highest BCUT2D eigenvalue weighted by Crippen LogP contribution is 2.26. The summed E-state index contributed by atoms with van der Waals surface area (Å²) in [4.78, 5) is 20.0. The largest absolute Gasteiger partial charge is 0.335 e. The highest BCUT2D eigenvalue weighted by Gasteiger charge is 2.26. The molecule has 5 heteroatoms. The van der Waals surface area contributed by atoms with Gasteiger partial charge in [-0.2, -0.15) is 0 Å². The molecule has 0 radical (unpaired) electrons. The van der Waals surface area contributed by atoms with Crippen molar-refractivity contribution >= 4 is 11.6 Å². The van der Waals surface area contributed by atoms with Crippen molar-refractivity contribution in [1.29, 1.82) is 0 Å². The van der Waals surface area contributed by atoms with Crippen molar-refractivity contribution in [3.8, 4) is 11.3 Å². The smallest absolute Gasteiger partial charge is 0.273 e. The molecular formula is C20H22N4O. The number of piperazine rings is 1. The average molecular weight is 334 g/mol. The van der Waals surface area contributed by atoms with Gasteiger partial charge in [-0.25, -0.2) is 4.98 Å². The molecule has 4 rings (SSSR count). The Morgan fingerprint density at radius 3 is 2.40 bits per heavy atom. The standard InChI is InChI=1S/C20H22N4O/c1-14-3-6-16(7-4-14)18-19(20(25)23-11-9-21-10-12-23)24-13-15(2)5-8-17(24)22-18/h3-8,13,21H,9-12H2,1-2H3. The van der Waals surface area contributed by atoms with E-state index in [1.807, 2.05) is 46.7 Å². The molecule has 3 aromatic rings. The molecular weight excluding hydrogens is 312 g/mol. The number of hydrogen-bond acceptors (Lipinski definition) is 3. The molecule has 0 bridgehead atoms. The van der Waals surface area contributed by atoms with E-state index in [0.717, 1.165) is 48.6 Å². The summed E-state index contributed by atoms with van der Waals surface area (Å²) in [6, 6.07) is 12.2. The van der Waals surface area contributed by atoms with Gasteiger partial charge in [-0.05, 0) is 25.5 Å². The maximum atomic E-state index is 13.3. The summed E-state index contributed by atoms with van der Waals surface area (Å²) >= 11 is 0. The molecule has 1 fully saturated rings. The Morgan fingerprint density at radius 2 is 1.68 bits per heavy atom. The number of pyridine rings is 1. The van der Waals surface area contributed by atoms with E-state index in [-0.39, 0.29) is 5.91 Å². The van der Waals surface area contributed by atoms with E-state index < -0.39 is 0 Å². The van der Waals surface area contributed by atoms with Crippen LogP contribution in [0.5, 0.6) is 0 Å². The van der Waals surface area contributed by atoms with E-state index in [2.05, 4.69) is 24.4 Å². The summed E-state index contributed by atoms with van der Waals surface area (Å²) in [6.07, 6.45) is 2.00. The lowest BCUT2D eigenvalue weighted by atomic mass is 10.1. The predicted octanol–water partition coefficient (Wildman–Crippen LogP) is 2.66. The average Bonchev–Trinajstić information content (AvgIpc) is 3.01. The summed E-state index contributed by atoms with van der Waals surface area (Å²) in [6.45, 7) is 7.22. The van der Waals surface area contributed by atoms with E-state index >= 15 is 0 Å². The SMILES string of the molecule is Cc1ccc(-c2nc3ccc(C)cn3c2C(=O)N2CCNCC2)cc1. The lowest BCUT2D eigenvalue weighted by Gasteiger charge is -2.27. The number of nitrogens with one attached hydrogen (secondary N) is 1. The second-order valence-electron chi connectivity index (χ2n) is 6.65. The number of rotatable bonds is 2. The molecule has 1 aliphatic rings. The number of amides is 1. The lowest BCUT2D eigenvalue weighted by molar-refractivity contribution is 0.0729.